The number of benzene rings is 1. The highest BCUT2D eigenvalue weighted by molar-refractivity contribution is 7.89. The Hall–Kier alpha value is -0.910. The number of nitrogens with two attached hydrogens (primary N) is 1. The first kappa shape index (κ1) is 13.5. The van der Waals surface area contributed by atoms with Gasteiger partial charge in [-0.15, -0.1) is 0 Å². The molecule has 2 unspecified atom stereocenters. The summed E-state index contributed by atoms with van der Waals surface area (Å²) in [5.41, 5.74) is 7.02. The molecule has 1 aromatic carbocycles. The molecule has 1 aliphatic heterocycles. The minimum Gasteiger partial charge on any atom is -0.326 e. The third-order valence-corrected chi connectivity index (χ3v) is 5.45. The maximum absolute atomic E-state index is 12.4. The van der Waals surface area contributed by atoms with Gasteiger partial charge in [0.05, 0.1) is 4.90 Å². The van der Waals surface area contributed by atoms with Gasteiger partial charge in [-0.1, -0.05) is 26.0 Å². The predicted octanol–water partition coefficient (Wildman–Crippen LogP) is 1.22. The summed E-state index contributed by atoms with van der Waals surface area (Å²) in [5, 5.41) is 0. The number of nitrogens with zero attached hydrogens (tertiary/aromatic N) is 1. The van der Waals surface area contributed by atoms with E-state index in [4.69, 9.17) is 5.73 Å². The molecule has 0 spiro atoms. The first-order chi connectivity index (χ1) is 8.45. The number of hydrogen-bond acceptors (Lipinski definition) is 3. The number of aryl methyl sites for hydroxylation is 1. The Balaban J connectivity index is 2.25. The molecular weight excluding hydrogens is 248 g/mol. The van der Waals surface area contributed by atoms with Crippen LogP contribution < -0.4 is 5.73 Å². The fourth-order valence-corrected chi connectivity index (χ4v) is 3.77. The Morgan fingerprint density at radius 1 is 1.28 bits per heavy atom. The predicted molar refractivity (Wildman–Crippen MR) is 71.7 cm³/mol. The van der Waals surface area contributed by atoms with E-state index >= 15 is 0 Å². The molecule has 0 aliphatic carbocycles. The van der Waals surface area contributed by atoms with Crippen LogP contribution in [0.25, 0.3) is 0 Å². The molecule has 5 heteroatoms. The van der Waals surface area contributed by atoms with Crippen LogP contribution in [0.1, 0.15) is 19.4 Å². The summed E-state index contributed by atoms with van der Waals surface area (Å²) >= 11 is 0. The minimum absolute atomic E-state index is 0.0605. The van der Waals surface area contributed by atoms with Crippen LogP contribution in [0.4, 0.5) is 0 Å². The highest BCUT2D eigenvalue weighted by Crippen LogP contribution is 2.23. The quantitative estimate of drug-likeness (QED) is 0.896. The third-order valence-electron chi connectivity index (χ3n) is 3.61. The smallest absolute Gasteiger partial charge is 0.243 e. The molecule has 4 nitrogen and oxygen atoms in total. The van der Waals surface area contributed by atoms with E-state index in [-0.39, 0.29) is 12.0 Å². The second kappa shape index (κ2) is 4.99. The van der Waals surface area contributed by atoms with Crippen LogP contribution in [0.3, 0.4) is 0 Å². The second-order valence-corrected chi connectivity index (χ2v) is 6.90. The average Bonchev–Trinajstić information content (AvgIpc) is 2.70. The van der Waals surface area contributed by atoms with Crippen molar-refractivity contribution in [2.45, 2.75) is 31.2 Å². The summed E-state index contributed by atoms with van der Waals surface area (Å²) in [6, 6.07) is 7.04. The van der Waals surface area contributed by atoms with Crippen molar-refractivity contribution in [2.75, 3.05) is 13.1 Å². The molecule has 0 amide bonds. The number of hydrogen-bond donors (Lipinski definition) is 1. The highest BCUT2D eigenvalue weighted by atomic mass is 32.2. The van der Waals surface area contributed by atoms with Gasteiger partial charge < -0.3 is 5.73 Å². The van der Waals surface area contributed by atoms with Gasteiger partial charge in [0.15, 0.2) is 0 Å². The molecule has 1 saturated heterocycles. The molecule has 100 valence electrons. The first-order valence-corrected chi connectivity index (χ1v) is 7.74. The lowest BCUT2D eigenvalue weighted by Crippen LogP contribution is -2.32. The molecule has 1 heterocycles. The lowest BCUT2D eigenvalue weighted by molar-refractivity contribution is 0.464. The SMILES string of the molecule is CCc1ccc(S(=O)(=O)N2CC(C)C(N)C2)cc1. The third kappa shape index (κ3) is 2.43. The highest BCUT2D eigenvalue weighted by Gasteiger charge is 2.35. The zero-order chi connectivity index (χ0) is 13.3. The van der Waals surface area contributed by atoms with Crippen LogP contribution in [0.2, 0.25) is 0 Å². The van der Waals surface area contributed by atoms with Gasteiger partial charge in [-0.2, -0.15) is 4.31 Å². The Morgan fingerprint density at radius 3 is 2.33 bits per heavy atom. The van der Waals surface area contributed by atoms with E-state index in [1.54, 1.807) is 12.1 Å². The van der Waals surface area contributed by atoms with Crippen LogP contribution in [0.5, 0.6) is 0 Å². The normalized spacial score (nSPS) is 25.5. The lowest BCUT2D eigenvalue weighted by atomic mass is 10.1. The fourth-order valence-electron chi connectivity index (χ4n) is 2.19. The van der Waals surface area contributed by atoms with Gasteiger partial charge in [0.2, 0.25) is 10.0 Å². The Labute approximate surface area is 109 Å². The van der Waals surface area contributed by atoms with Gasteiger partial charge in [0, 0.05) is 19.1 Å². The monoisotopic (exact) mass is 268 g/mol. The molecule has 2 atom stereocenters. The van der Waals surface area contributed by atoms with Crippen molar-refractivity contribution >= 4 is 10.0 Å². The standard InChI is InChI=1S/C13H20N2O2S/c1-3-11-4-6-12(7-5-11)18(16,17)15-8-10(2)13(14)9-15/h4-7,10,13H,3,8-9,14H2,1-2H3. The molecule has 0 aromatic heterocycles. The van der Waals surface area contributed by atoms with Gasteiger partial charge in [0.25, 0.3) is 0 Å². The van der Waals surface area contributed by atoms with Crippen molar-refractivity contribution in [3.8, 4) is 0 Å². The summed E-state index contributed by atoms with van der Waals surface area (Å²) in [6.07, 6.45) is 0.909. The molecule has 2 rings (SSSR count). The molecule has 18 heavy (non-hydrogen) atoms. The van der Waals surface area contributed by atoms with E-state index in [0.29, 0.717) is 18.0 Å². The maximum Gasteiger partial charge on any atom is 0.243 e. The van der Waals surface area contributed by atoms with Crippen molar-refractivity contribution in [1.82, 2.24) is 4.31 Å². The van der Waals surface area contributed by atoms with E-state index in [1.807, 2.05) is 26.0 Å². The molecule has 0 radical (unpaired) electrons. The number of sulfonamides is 1. The van der Waals surface area contributed by atoms with E-state index in [0.717, 1.165) is 12.0 Å². The van der Waals surface area contributed by atoms with Gasteiger partial charge in [0.1, 0.15) is 0 Å². The molecule has 1 fully saturated rings. The summed E-state index contributed by atoms with van der Waals surface area (Å²) in [4.78, 5) is 0.362. The molecule has 0 saturated carbocycles. The van der Waals surface area contributed by atoms with Crippen molar-refractivity contribution < 1.29 is 8.42 Å². The Kier molecular flexibility index (Phi) is 3.75. The Bertz CT molecular complexity index is 500. The lowest BCUT2D eigenvalue weighted by Gasteiger charge is -2.16. The Morgan fingerprint density at radius 2 is 1.89 bits per heavy atom. The van der Waals surface area contributed by atoms with Crippen LogP contribution >= 0.6 is 0 Å². The molecule has 0 bridgehead atoms. The van der Waals surface area contributed by atoms with Crippen LogP contribution in [-0.4, -0.2) is 31.9 Å². The van der Waals surface area contributed by atoms with Gasteiger partial charge in [-0.05, 0) is 30.0 Å². The van der Waals surface area contributed by atoms with Crippen molar-refractivity contribution in [3.05, 3.63) is 29.8 Å². The van der Waals surface area contributed by atoms with E-state index in [9.17, 15) is 8.42 Å². The topological polar surface area (TPSA) is 63.4 Å². The van der Waals surface area contributed by atoms with E-state index < -0.39 is 10.0 Å². The van der Waals surface area contributed by atoms with Crippen LogP contribution in [-0.2, 0) is 16.4 Å². The van der Waals surface area contributed by atoms with Gasteiger partial charge >= 0.3 is 0 Å². The molecular formula is C13H20N2O2S. The first-order valence-electron chi connectivity index (χ1n) is 6.30. The molecule has 2 N–H and O–H groups in total. The molecule has 1 aliphatic rings. The van der Waals surface area contributed by atoms with Crippen molar-refractivity contribution in [3.63, 3.8) is 0 Å². The van der Waals surface area contributed by atoms with Gasteiger partial charge in [-0.25, -0.2) is 8.42 Å². The van der Waals surface area contributed by atoms with E-state index in [1.165, 1.54) is 4.31 Å². The summed E-state index contributed by atoms with van der Waals surface area (Å²) < 4.78 is 26.3. The summed E-state index contributed by atoms with van der Waals surface area (Å²) in [5.74, 6) is 0.217. The van der Waals surface area contributed by atoms with E-state index in [2.05, 4.69) is 0 Å². The van der Waals surface area contributed by atoms with Crippen molar-refractivity contribution in [1.29, 1.82) is 0 Å². The average molecular weight is 268 g/mol. The largest absolute Gasteiger partial charge is 0.326 e. The minimum atomic E-state index is -3.38. The summed E-state index contributed by atoms with van der Waals surface area (Å²) in [6.45, 7) is 4.96. The zero-order valence-corrected chi connectivity index (χ0v) is 11.7. The second-order valence-electron chi connectivity index (χ2n) is 4.96. The van der Waals surface area contributed by atoms with Crippen LogP contribution in [0.15, 0.2) is 29.2 Å². The number of rotatable bonds is 3. The van der Waals surface area contributed by atoms with Crippen LogP contribution in [0, 0.1) is 5.92 Å². The maximum atomic E-state index is 12.4. The van der Waals surface area contributed by atoms with Gasteiger partial charge in [-0.3, -0.25) is 0 Å². The molecule has 1 aromatic rings. The zero-order valence-electron chi connectivity index (χ0n) is 10.8. The fraction of sp³-hybridized carbons (Fsp3) is 0.538. The van der Waals surface area contributed by atoms with Crippen molar-refractivity contribution in [2.24, 2.45) is 11.7 Å². The summed E-state index contributed by atoms with van der Waals surface area (Å²) in [7, 11) is -3.38.